The lowest BCUT2D eigenvalue weighted by molar-refractivity contribution is -0.192. The molecule has 0 fully saturated rings. The molecule has 1 atom stereocenters. The number of benzene rings is 1. The topological polar surface area (TPSA) is 127 Å². The normalized spacial score (nSPS) is 13.4. The summed E-state index contributed by atoms with van der Waals surface area (Å²) in [5.74, 6) is -1.74. The number of ether oxygens (including phenoxy) is 1. The number of hydrogen-bond acceptors (Lipinski definition) is 6. The van der Waals surface area contributed by atoms with Gasteiger partial charge in [0.15, 0.2) is 0 Å². The zero-order valence-corrected chi connectivity index (χ0v) is 25.1. The van der Waals surface area contributed by atoms with Crippen molar-refractivity contribution in [2.45, 2.75) is 64.0 Å². The van der Waals surface area contributed by atoms with Gasteiger partial charge < -0.3 is 20.3 Å². The molecular weight excluding hydrogens is 621 g/mol. The molecule has 3 heterocycles. The number of carboxylic acid groups (broad SMARTS) is 2. The number of pyridine rings is 1. The highest BCUT2D eigenvalue weighted by atomic mass is 79.9. The van der Waals surface area contributed by atoms with Gasteiger partial charge >= 0.3 is 18.1 Å². The first-order chi connectivity index (χ1) is 19.7. The van der Waals surface area contributed by atoms with E-state index in [4.69, 9.17) is 19.6 Å². The number of fused-ring (bicyclic) bond motifs is 1. The number of rotatable bonds is 10. The number of carbonyl (C=O) groups is 2. The van der Waals surface area contributed by atoms with Gasteiger partial charge in [-0.05, 0) is 66.0 Å². The summed E-state index contributed by atoms with van der Waals surface area (Å²) in [7, 11) is 1.85. The molecule has 3 N–H and O–H groups in total. The number of alkyl halides is 3. The third kappa shape index (κ3) is 9.74. The van der Waals surface area contributed by atoms with Crippen LogP contribution in [0.1, 0.15) is 66.6 Å². The molecule has 0 spiro atoms. The minimum absolute atomic E-state index is 0.0405. The third-order valence-electron chi connectivity index (χ3n) is 6.65. The van der Waals surface area contributed by atoms with Gasteiger partial charge in [-0.15, -0.1) is 0 Å². The molecule has 0 bridgehead atoms. The molecule has 42 heavy (non-hydrogen) atoms. The molecule has 1 aliphatic heterocycles. The van der Waals surface area contributed by atoms with E-state index < -0.39 is 18.1 Å². The molecule has 4 rings (SSSR count). The molecule has 9 nitrogen and oxygen atoms in total. The van der Waals surface area contributed by atoms with Gasteiger partial charge in [-0.25, -0.2) is 14.5 Å². The maximum atomic E-state index is 11.6. The van der Waals surface area contributed by atoms with Gasteiger partial charge in [-0.2, -0.15) is 18.3 Å². The van der Waals surface area contributed by atoms with Crippen molar-refractivity contribution < 1.29 is 37.7 Å². The first-order valence-corrected chi connectivity index (χ1v) is 14.2. The quantitative estimate of drug-likeness (QED) is 0.239. The molecule has 3 aromatic rings. The minimum atomic E-state index is -5.08. The Morgan fingerprint density at radius 3 is 2.45 bits per heavy atom. The summed E-state index contributed by atoms with van der Waals surface area (Å²) >= 11 is 3.59. The molecule has 228 valence electrons. The second-order valence-electron chi connectivity index (χ2n) is 10.3. The molecule has 1 aromatic carbocycles. The highest BCUT2D eigenvalue weighted by Gasteiger charge is 2.38. The fourth-order valence-electron chi connectivity index (χ4n) is 4.49. The van der Waals surface area contributed by atoms with Gasteiger partial charge in [0, 0.05) is 36.2 Å². The third-order valence-corrected chi connectivity index (χ3v) is 7.10. The van der Waals surface area contributed by atoms with Crippen LogP contribution in [0.5, 0.6) is 5.88 Å². The number of aliphatic carboxylic acids is 2. The summed E-state index contributed by atoms with van der Waals surface area (Å²) in [5, 5.41) is 24.7. The lowest BCUT2D eigenvalue weighted by atomic mass is 9.88. The lowest BCUT2D eigenvalue weighted by Gasteiger charge is -2.17. The molecule has 1 aliphatic rings. The average Bonchev–Trinajstić information content (AvgIpc) is 3.26. The molecule has 0 saturated heterocycles. The van der Waals surface area contributed by atoms with Crippen molar-refractivity contribution in [3.05, 3.63) is 68.9 Å². The highest BCUT2D eigenvalue weighted by Crippen LogP contribution is 2.31. The summed E-state index contributed by atoms with van der Waals surface area (Å²) in [4.78, 5) is 25.3. The Hall–Kier alpha value is -3.61. The Morgan fingerprint density at radius 1 is 1.12 bits per heavy atom. The molecule has 0 amide bonds. The number of halogens is 4. The molecule has 1 unspecified atom stereocenters. The van der Waals surface area contributed by atoms with Crippen LogP contribution in [0.25, 0.3) is 0 Å². The average molecular weight is 656 g/mol. The lowest BCUT2D eigenvalue weighted by Crippen LogP contribution is -2.21. The van der Waals surface area contributed by atoms with Crippen molar-refractivity contribution in [1.82, 2.24) is 14.8 Å². The van der Waals surface area contributed by atoms with Crippen LogP contribution in [0.4, 0.5) is 19.0 Å². The number of hydrogen-bond donors (Lipinski definition) is 3. The van der Waals surface area contributed by atoms with E-state index in [2.05, 4.69) is 64.5 Å². The van der Waals surface area contributed by atoms with Gasteiger partial charge in [0.2, 0.25) is 5.88 Å². The van der Waals surface area contributed by atoms with Gasteiger partial charge in [0.05, 0.1) is 18.7 Å². The fraction of sp³-hybridized carbons (Fsp3) is 0.448. The minimum Gasteiger partial charge on any atom is -0.481 e. The second kappa shape index (κ2) is 14.5. The van der Waals surface area contributed by atoms with E-state index in [0.29, 0.717) is 31.2 Å². The van der Waals surface area contributed by atoms with Crippen LogP contribution in [0.15, 0.2) is 40.9 Å². The summed E-state index contributed by atoms with van der Waals surface area (Å²) in [5.41, 5.74) is 5.28. The first-order valence-electron chi connectivity index (χ1n) is 13.4. The summed E-state index contributed by atoms with van der Waals surface area (Å²) in [6.07, 6.45) is -1.60. The van der Waals surface area contributed by atoms with Gasteiger partial charge in [0.1, 0.15) is 5.82 Å². The SMILES string of the molecule is CC(C)c1cc(Br)cc(C(CC(=O)O)Cc2cc(OCCc3ccc4c(n3)NCCC4)n(C)n2)c1.O=C(O)C(F)(F)F. The van der Waals surface area contributed by atoms with Gasteiger partial charge in [-0.1, -0.05) is 41.9 Å². The van der Waals surface area contributed by atoms with E-state index in [1.54, 1.807) is 4.68 Å². The Kier molecular flexibility index (Phi) is 11.4. The van der Waals surface area contributed by atoms with Gasteiger partial charge in [-0.3, -0.25) is 4.79 Å². The Morgan fingerprint density at radius 2 is 1.81 bits per heavy atom. The zero-order valence-electron chi connectivity index (χ0n) is 23.5. The van der Waals surface area contributed by atoms with E-state index in [0.717, 1.165) is 46.6 Å². The van der Waals surface area contributed by atoms with Gasteiger partial charge in [0.25, 0.3) is 0 Å². The fourth-order valence-corrected chi connectivity index (χ4v) is 5.01. The monoisotopic (exact) mass is 654 g/mol. The smallest absolute Gasteiger partial charge is 0.481 e. The Bertz CT molecular complexity index is 1390. The van der Waals surface area contributed by atoms with Crippen LogP contribution in [0.2, 0.25) is 0 Å². The summed E-state index contributed by atoms with van der Waals surface area (Å²) < 4.78 is 40.4. The number of aromatic nitrogens is 3. The highest BCUT2D eigenvalue weighted by molar-refractivity contribution is 9.10. The predicted molar refractivity (Wildman–Crippen MR) is 154 cm³/mol. The molecular formula is C29H34BrF3N4O5. The number of anilines is 1. The van der Waals surface area contributed by atoms with Crippen LogP contribution in [0.3, 0.4) is 0 Å². The van der Waals surface area contributed by atoms with E-state index in [1.807, 2.05) is 19.2 Å². The molecule has 0 radical (unpaired) electrons. The van der Waals surface area contributed by atoms with Crippen molar-refractivity contribution in [2.24, 2.45) is 7.05 Å². The number of carboxylic acids is 2. The van der Waals surface area contributed by atoms with Crippen molar-refractivity contribution >= 4 is 33.7 Å². The second-order valence-corrected chi connectivity index (χ2v) is 11.2. The maximum Gasteiger partial charge on any atom is 0.490 e. The van der Waals surface area contributed by atoms with Crippen molar-refractivity contribution in [1.29, 1.82) is 0 Å². The number of aryl methyl sites for hydroxylation is 2. The van der Waals surface area contributed by atoms with E-state index in [1.165, 1.54) is 11.1 Å². The molecule has 0 saturated carbocycles. The van der Waals surface area contributed by atoms with E-state index in [9.17, 15) is 23.1 Å². The maximum absolute atomic E-state index is 11.6. The van der Waals surface area contributed by atoms with Crippen LogP contribution >= 0.6 is 15.9 Å². The number of nitrogens with zero attached hydrogens (tertiary/aromatic N) is 3. The van der Waals surface area contributed by atoms with E-state index >= 15 is 0 Å². The number of nitrogens with one attached hydrogen (secondary N) is 1. The molecule has 0 aliphatic carbocycles. The van der Waals surface area contributed by atoms with Crippen molar-refractivity contribution in [2.75, 3.05) is 18.5 Å². The largest absolute Gasteiger partial charge is 0.490 e. The summed E-state index contributed by atoms with van der Waals surface area (Å²) in [6.45, 7) is 5.73. The van der Waals surface area contributed by atoms with E-state index in [-0.39, 0.29) is 12.3 Å². The summed E-state index contributed by atoms with van der Waals surface area (Å²) in [6, 6.07) is 12.4. The zero-order chi connectivity index (χ0) is 31.0. The van der Waals surface area contributed by atoms with Crippen molar-refractivity contribution in [3.63, 3.8) is 0 Å². The van der Waals surface area contributed by atoms with Crippen LogP contribution < -0.4 is 10.1 Å². The van der Waals surface area contributed by atoms with Crippen molar-refractivity contribution in [3.8, 4) is 5.88 Å². The standard InChI is InChI=1S/C27H33BrN4O3.C2HF3O2/c1-17(2)19-11-20(13-22(28)12-19)21(15-26(33)34)14-24-16-25(32(3)31-24)35-10-8-23-7-6-18-5-4-9-29-27(18)30-23;3-2(4,5)1(6)7/h6-7,11-13,16-17,21H,4-5,8-10,14-15H2,1-3H3,(H,29,30)(H,33,34);(H,6,7). The van der Waals surface area contributed by atoms with Crippen LogP contribution in [-0.2, 0) is 35.9 Å². The molecule has 13 heteroatoms. The van der Waals surface area contributed by atoms with Crippen LogP contribution in [-0.4, -0.2) is 56.2 Å². The first kappa shape index (κ1) is 32.9. The molecule has 2 aromatic heterocycles. The predicted octanol–water partition coefficient (Wildman–Crippen LogP) is 6.11. The Balaban J connectivity index is 0.000000616. The Labute approximate surface area is 250 Å². The van der Waals surface area contributed by atoms with Crippen LogP contribution in [0, 0.1) is 0 Å².